The minimum atomic E-state index is -3.92. The second-order valence-electron chi connectivity index (χ2n) is 3.12. The van der Waals surface area contributed by atoms with E-state index in [2.05, 4.69) is 4.98 Å². The number of rotatable bonds is 2. The monoisotopic (exact) mass is 229 g/mol. The maximum Gasteiger partial charge on any atom is 0.254 e. The smallest absolute Gasteiger partial charge is 0.254 e. The molecule has 0 saturated heterocycles. The van der Waals surface area contributed by atoms with Crippen molar-refractivity contribution in [1.29, 1.82) is 0 Å². The van der Waals surface area contributed by atoms with Crippen molar-refractivity contribution in [3.63, 3.8) is 0 Å². The summed E-state index contributed by atoms with van der Waals surface area (Å²) in [7, 11) is -0.875. The summed E-state index contributed by atoms with van der Waals surface area (Å²) >= 11 is 0. The van der Waals surface area contributed by atoms with Gasteiger partial charge in [0.1, 0.15) is 4.90 Å². The molecule has 0 atom stereocenters. The molecule has 15 heavy (non-hydrogen) atoms. The highest BCUT2D eigenvalue weighted by atomic mass is 32.2. The maximum absolute atomic E-state index is 11.6. The van der Waals surface area contributed by atoms with Crippen LogP contribution in [0.3, 0.4) is 0 Å². The van der Waals surface area contributed by atoms with E-state index in [1.807, 2.05) is 0 Å². The summed E-state index contributed by atoms with van der Waals surface area (Å²) in [6, 6.07) is 1.32. The second kappa shape index (κ2) is 3.95. The zero-order valence-corrected chi connectivity index (χ0v) is 9.15. The molecule has 0 aromatic carbocycles. The lowest BCUT2D eigenvalue weighted by molar-refractivity contribution is 0.0823. The zero-order chi connectivity index (χ0) is 11.6. The molecule has 0 radical (unpaired) electrons. The Balaban J connectivity index is 3.38. The van der Waals surface area contributed by atoms with E-state index in [1.165, 1.54) is 31.3 Å². The molecule has 2 N–H and O–H groups in total. The third-order valence-corrected chi connectivity index (χ3v) is 2.67. The molecule has 1 aromatic rings. The van der Waals surface area contributed by atoms with Gasteiger partial charge in [0.2, 0.25) is 10.0 Å². The molecule has 82 valence electrons. The topological polar surface area (TPSA) is 93.4 Å². The minimum Gasteiger partial charge on any atom is -0.345 e. The largest absolute Gasteiger partial charge is 0.345 e. The average molecular weight is 229 g/mol. The molecule has 1 aromatic heterocycles. The Morgan fingerprint density at radius 2 is 2.07 bits per heavy atom. The Hall–Kier alpha value is -1.47. The second-order valence-corrected chi connectivity index (χ2v) is 4.65. The van der Waals surface area contributed by atoms with Crippen LogP contribution in [0.4, 0.5) is 0 Å². The van der Waals surface area contributed by atoms with Crippen LogP contribution in [0, 0.1) is 0 Å². The van der Waals surface area contributed by atoms with Gasteiger partial charge in [0.05, 0.1) is 5.56 Å². The number of amides is 1. The third-order valence-electron chi connectivity index (χ3n) is 1.73. The van der Waals surface area contributed by atoms with Gasteiger partial charge in [0.25, 0.3) is 5.91 Å². The lowest BCUT2D eigenvalue weighted by Gasteiger charge is -2.12. The molecule has 0 aliphatic carbocycles. The fourth-order valence-corrected chi connectivity index (χ4v) is 1.69. The average Bonchev–Trinajstić information content (AvgIpc) is 2.15. The van der Waals surface area contributed by atoms with Gasteiger partial charge in [0.15, 0.2) is 0 Å². The number of carbonyl (C=O) groups excluding carboxylic acids is 1. The maximum atomic E-state index is 11.6. The summed E-state index contributed by atoms with van der Waals surface area (Å²) in [5, 5.41) is 4.96. The molecule has 7 heteroatoms. The summed E-state index contributed by atoms with van der Waals surface area (Å²) in [5.41, 5.74) is 0.0255. The fraction of sp³-hybridized carbons (Fsp3) is 0.250. The van der Waals surface area contributed by atoms with Gasteiger partial charge in [-0.05, 0) is 6.07 Å². The van der Waals surface area contributed by atoms with Gasteiger partial charge in [-0.15, -0.1) is 0 Å². The first-order valence-corrected chi connectivity index (χ1v) is 5.57. The first kappa shape index (κ1) is 11.6. The van der Waals surface area contributed by atoms with Gasteiger partial charge in [-0.25, -0.2) is 13.6 Å². The Bertz CT molecular complexity index is 482. The van der Waals surface area contributed by atoms with Crippen LogP contribution in [0.1, 0.15) is 10.4 Å². The zero-order valence-electron chi connectivity index (χ0n) is 8.34. The van der Waals surface area contributed by atoms with Crippen LogP contribution < -0.4 is 5.14 Å². The van der Waals surface area contributed by atoms with Crippen LogP contribution in [0.2, 0.25) is 0 Å². The van der Waals surface area contributed by atoms with E-state index in [0.29, 0.717) is 0 Å². The minimum absolute atomic E-state index is 0.0255. The Labute approximate surface area is 87.8 Å². The highest BCUT2D eigenvalue weighted by Gasteiger charge is 2.20. The van der Waals surface area contributed by atoms with E-state index in [9.17, 15) is 13.2 Å². The molecule has 0 unspecified atom stereocenters. The lowest BCUT2D eigenvalue weighted by Crippen LogP contribution is -2.25. The summed E-state index contributed by atoms with van der Waals surface area (Å²) < 4.78 is 22.3. The fourth-order valence-electron chi connectivity index (χ4n) is 1.02. The van der Waals surface area contributed by atoms with Gasteiger partial charge in [-0.2, -0.15) is 0 Å². The molecular formula is C8H11N3O3S. The normalized spacial score (nSPS) is 11.1. The quantitative estimate of drug-likeness (QED) is 0.735. The van der Waals surface area contributed by atoms with Crippen LogP contribution >= 0.6 is 0 Å². The molecule has 0 aliphatic rings. The number of primary sulfonamides is 1. The van der Waals surface area contributed by atoms with Gasteiger partial charge in [-0.1, -0.05) is 0 Å². The van der Waals surface area contributed by atoms with Crippen LogP contribution in [0.25, 0.3) is 0 Å². The highest BCUT2D eigenvalue weighted by Crippen LogP contribution is 2.13. The number of pyridine rings is 1. The predicted molar refractivity (Wildman–Crippen MR) is 53.6 cm³/mol. The standard InChI is InChI=1S/C8H11N3O3S/c1-11(2)8(12)6-3-4-10-5-7(6)15(9,13)14/h3-5H,1-2H3,(H2,9,13,14). The Morgan fingerprint density at radius 1 is 1.47 bits per heavy atom. The number of aromatic nitrogens is 1. The molecule has 0 fully saturated rings. The van der Waals surface area contributed by atoms with E-state index in [-0.39, 0.29) is 10.5 Å². The third kappa shape index (κ3) is 2.51. The molecule has 1 rings (SSSR count). The van der Waals surface area contributed by atoms with E-state index in [1.54, 1.807) is 0 Å². The van der Waals surface area contributed by atoms with Crippen molar-refractivity contribution >= 4 is 15.9 Å². The summed E-state index contributed by atoms with van der Waals surface area (Å²) in [6.07, 6.45) is 2.40. The van der Waals surface area contributed by atoms with Crippen molar-refractivity contribution in [3.05, 3.63) is 24.0 Å². The number of nitrogens with two attached hydrogens (primary N) is 1. The van der Waals surface area contributed by atoms with Crippen molar-refractivity contribution < 1.29 is 13.2 Å². The Kier molecular flexibility index (Phi) is 3.06. The van der Waals surface area contributed by atoms with Crippen molar-refractivity contribution in [3.8, 4) is 0 Å². The number of sulfonamides is 1. The predicted octanol–water partition coefficient (Wildman–Crippen LogP) is -0.569. The van der Waals surface area contributed by atoms with E-state index < -0.39 is 15.9 Å². The van der Waals surface area contributed by atoms with Crippen LogP contribution in [-0.4, -0.2) is 38.3 Å². The van der Waals surface area contributed by atoms with Crippen LogP contribution in [0.5, 0.6) is 0 Å². The molecule has 6 nitrogen and oxygen atoms in total. The molecule has 0 bridgehead atoms. The molecule has 1 heterocycles. The molecule has 1 amide bonds. The highest BCUT2D eigenvalue weighted by molar-refractivity contribution is 7.89. The first-order chi connectivity index (χ1) is 6.84. The van der Waals surface area contributed by atoms with Gasteiger partial charge in [0, 0.05) is 26.5 Å². The summed E-state index contributed by atoms with van der Waals surface area (Å²) in [6.45, 7) is 0. The lowest BCUT2D eigenvalue weighted by atomic mass is 10.2. The van der Waals surface area contributed by atoms with Gasteiger partial charge in [-0.3, -0.25) is 9.78 Å². The number of nitrogens with zero attached hydrogens (tertiary/aromatic N) is 2. The number of hydrogen-bond acceptors (Lipinski definition) is 4. The summed E-state index contributed by atoms with van der Waals surface area (Å²) in [4.78, 5) is 16.2. The molecular weight excluding hydrogens is 218 g/mol. The van der Waals surface area contributed by atoms with Crippen LogP contribution in [-0.2, 0) is 10.0 Å². The van der Waals surface area contributed by atoms with Gasteiger partial charge < -0.3 is 4.90 Å². The summed E-state index contributed by atoms with van der Waals surface area (Å²) in [5.74, 6) is -0.429. The van der Waals surface area contributed by atoms with Crippen molar-refractivity contribution in [1.82, 2.24) is 9.88 Å². The van der Waals surface area contributed by atoms with E-state index in [0.717, 1.165) is 6.20 Å². The van der Waals surface area contributed by atoms with Crippen molar-refractivity contribution in [2.75, 3.05) is 14.1 Å². The van der Waals surface area contributed by atoms with Crippen molar-refractivity contribution in [2.24, 2.45) is 5.14 Å². The first-order valence-electron chi connectivity index (χ1n) is 4.02. The van der Waals surface area contributed by atoms with Crippen LogP contribution in [0.15, 0.2) is 23.4 Å². The number of carbonyl (C=O) groups is 1. The SMILES string of the molecule is CN(C)C(=O)c1ccncc1S(N)(=O)=O. The molecule has 0 aliphatic heterocycles. The number of hydrogen-bond donors (Lipinski definition) is 1. The van der Waals surface area contributed by atoms with E-state index in [4.69, 9.17) is 5.14 Å². The Morgan fingerprint density at radius 3 is 2.53 bits per heavy atom. The van der Waals surface area contributed by atoms with E-state index >= 15 is 0 Å². The molecule has 0 saturated carbocycles. The molecule has 0 spiro atoms. The van der Waals surface area contributed by atoms with Gasteiger partial charge >= 0.3 is 0 Å². The van der Waals surface area contributed by atoms with Crippen molar-refractivity contribution in [2.45, 2.75) is 4.90 Å².